The summed E-state index contributed by atoms with van der Waals surface area (Å²) in [6.45, 7) is 4.89. The van der Waals surface area contributed by atoms with Crippen molar-refractivity contribution >= 4 is 34.3 Å². The third kappa shape index (κ3) is 5.27. The first-order valence-electron chi connectivity index (χ1n) is 12.5. The second kappa shape index (κ2) is 11.2. The van der Waals surface area contributed by atoms with Crippen molar-refractivity contribution in [3.63, 3.8) is 0 Å². The van der Waals surface area contributed by atoms with Gasteiger partial charge in [0.1, 0.15) is 17.7 Å². The Labute approximate surface area is 228 Å². The maximum Gasteiger partial charge on any atom is 0.253 e. The monoisotopic (exact) mass is 556 g/mol. The lowest BCUT2D eigenvalue weighted by molar-refractivity contribution is 0.0615. The van der Waals surface area contributed by atoms with E-state index in [1.807, 2.05) is 12.1 Å². The van der Waals surface area contributed by atoms with Crippen molar-refractivity contribution in [3.05, 3.63) is 76.6 Å². The van der Waals surface area contributed by atoms with Gasteiger partial charge in [-0.2, -0.15) is 0 Å². The predicted octanol–water partition coefficient (Wildman–Crippen LogP) is 4.90. The van der Waals surface area contributed by atoms with Crippen molar-refractivity contribution in [3.8, 4) is 16.9 Å². The molecule has 1 aliphatic rings. The Bertz CT molecular complexity index is 1500. The lowest BCUT2D eigenvalue weighted by Crippen LogP contribution is -2.49. The van der Waals surface area contributed by atoms with Crippen LogP contribution < -0.4 is 10.5 Å². The van der Waals surface area contributed by atoms with E-state index < -0.39 is 17.7 Å². The molecule has 0 bridgehead atoms. The number of rotatable bonds is 7. The molecule has 0 aliphatic carbocycles. The van der Waals surface area contributed by atoms with Crippen LogP contribution in [0, 0.1) is 11.6 Å². The van der Waals surface area contributed by atoms with E-state index in [4.69, 9.17) is 31.6 Å². The van der Waals surface area contributed by atoms with Gasteiger partial charge in [0.2, 0.25) is 5.75 Å². The first-order chi connectivity index (χ1) is 18.8. The standard InChI is InChI=1S/C28H27ClF2N4O4/c1-16(23-21(30)6-7-22(31)24(23)29)39-26-25-19(14-33-27(26)32)20(15-38-25)17-2-4-18(5-3-17)28(37)35-10-8-34(9-11-35)12-13-36/h2-7,14-16,36H,8-13H2,1H3,(H2,32,33). The second-order valence-corrected chi connectivity index (χ2v) is 9.69. The van der Waals surface area contributed by atoms with Crippen molar-refractivity contribution in [1.29, 1.82) is 0 Å². The van der Waals surface area contributed by atoms with Gasteiger partial charge in [-0.3, -0.25) is 9.69 Å². The number of pyridine rings is 1. The minimum atomic E-state index is -0.993. The average molecular weight is 557 g/mol. The van der Waals surface area contributed by atoms with E-state index in [1.165, 1.54) is 13.2 Å². The van der Waals surface area contributed by atoms with Crippen LogP contribution in [0.2, 0.25) is 5.02 Å². The van der Waals surface area contributed by atoms with Crippen LogP contribution in [0.15, 0.2) is 53.3 Å². The molecule has 3 N–H and O–H groups in total. The van der Waals surface area contributed by atoms with Gasteiger partial charge < -0.3 is 24.9 Å². The average Bonchev–Trinajstić information content (AvgIpc) is 3.37. The van der Waals surface area contributed by atoms with E-state index in [-0.39, 0.29) is 40.3 Å². The molecule has 1 saturated heterocycles. The topological polar surface area (TPSA) is 105 Å². The molecule has 0 radical (unpaired) electrons. The number of fused-ring (bicyclic) bond motifs is 1. The van der Waals surface area contributed by atoms with Crippen LogP contribution >= 0.6 is 11.6 Å². The Kier molecular flexibility index (Phi) is 7.69. The van der Waals surface area contributed by atoms with E-state index in [2.05, 4.69) is 9.88 Å². The van der Waals surface area contributed by atoms with Crippen molar-refractivity contribution in [2.75, 3.05) is 45.1 Å². The van der Waals surface area contributed by atoms with Gasteiger partial charge in [-0.25, -0.2) is 13.8 Å². The van der Waals surface area contributed by atoms with Gasteiger partial charge in [-0.15, -0.1) is 0 Å². The summed E-state index contributed by atoms with van der Waals surface area (Å²) in [4.78, 5) is 21.1. The zero-order valence-electron chi connectivity index (χ0n) is 21.2. The molecule has 2 aromatic carbocycles. The Morgan fingerprint density at radius 3 is 2.54 bits per heavy atom. The maximum atomic E-state index is 14.4. The van der Waals surface area contributed by atoms with Crippen LogP contribution in [0.1, 0.15) is 28.9 Å². The van der Waals surface area contributed by atoms with Crippen LogP contribution in [0.25, 0.3) is 22.1 Å². The van der Waals surface area contributed by atoms with Crippen molar-refractivity contribution in [2.45, 2.75) is 13.0 Å². The van der Waals surface area contributed by atoms with Gasteiger partial charge in [0, 0.05) is 55.6 Å². The molecule has 0 spiro atoms. The number of ether oxygens (including phenoxy) is 1. The molecule has 4 aromatic rings. The summed E-state index contributed by atoms with van der Waals surface area (Å²) in [5, 5.41) is 9.33. The number of aliphatic hydroxyl groups is 1. The molecule has 1 fully saturated rings. The molecule has 3 heterocycles. The number of carbonyl (C=O) groups excluding carboxylic acids is 1. The van der Waals surface area contributed by atoms with Crippen molar-refractivity contribution < 1.29 is 27.8 Å². The molecule has 39 heavy (non-hydrogen) atoms. The lowest BCUT2D eigenvalue weighted by Gasteiger charge is -2.34. The van der Waals surface area contributed by atoms with E-state index >= 15 is 0 Å². The van der Waals surface area contributed by atoms with E-state index in [9.17, 15) is 13.6 Å². The number of benzene rings is 2. The maximum absolute atomic E-state index is 14.4. The van der Waals surface area contributed by atoms with Gasteiger partial charge in [0.15, 0.2) is 11.4 Å². The molecule has 1 aliphatic heterocycles. The Morgan fingerprint density at radius 1 is 1.15 bits per heavy atom. The summed E-state index contributed by atoms with van der Waals surface area (Å²) in [5.41, 5.74) is 8.25. The molecule has 1 atom stereocenters. The Balaban J connectivity index is 1.38. The van der Waals surface area contributed by atoms with E-state index in [0.717, 1.165) is 30.8 Å². The van der Waals surface area contributed by atoms with Crippen molar-refractivity contribution in [2.24, 2.45) is 0 Å². The van der Waals surface area contributed by atoms with Gasteiger partial charge >= 0.3 is 0 Å². The number of halogens is 3. The van der Waals surface area contributed by atoms with Crippen LogP contribution in [0.4, 0.5) is 14.6 Å². The number of amides is 1. The van der Waals surface area contributed by atoms with Gasteiger partial charge in [-0.05, 0) is 36.8 Å². The number of piperazine rings is 1. The van der Waals surface area contributed by atoms with E-state index in [1.54, 1.807) is 23.2 Å². The second-order valence-electron chi connectivity index (χ2n) is 9.32. The van der Waals surface area contributed by atoms with Crippen molar-refractivity contribution in [1.82, 2.24) is 14.8 Å². The number of carbonyl (C=O) groups is 1. The molecule has 1 unspecified atom stereocenters. The van der Waals surface area contributed by atoms with Gasteiger partial charge in [0.25, 0.3) is 5.91 Å². The predicted molar refractivity (Wildman–Crippen MR) is 144 cm³/mol. The number of nitrogen functional groups attached to an aromatic ring is 1. The molecule has 1 amide bonds. The van der Waals surface area contributed by atoms with Crippen LogP contribution in [-0.2, 0) is 0 Å². The smallest absolute Gasteiger partial charge is 0.253 e. The molecular formula is C28H27ClF2N4O4. The first-order valence-corrected chi connectivity index (χ1v) is 12.8. The summed E-state index contributed by atoms with van der Waals surface area (Å²) in [6, 6.07) is 9.09. The summed E-state index contributed by atoms with van der Waals surface area (Å²) in [5.74, 6) is -1.43. The highest BCUT2D eigenvalue weighted by Gasteiger charge is 2.25. The molecule has 11 heteroatoms. The Hall–Kier alpha value is -3.73. The van der Waals surface area contributed by atoms with Crippen LogP contribution in [0.3, 0.4) is 0 Å². The highest BCUT2D eigenvalue weighted by Crippen LogP contribution is 2.40. The fourth-order valence-corrected chi connectivity index (χ4v) is 5.07. The summed E-state index contributed by atoms with van der Waals surface area (Å²) < 4.78 is 40.1. The fourth-order valence-electron chi connectivity index (χ4n) is 4.76. The number of hydrogen-bond donors (Lipinski definition) is 2. The summed E-state index contributed by atoms with van der Waals surface area (Å²) >= 11 is 6.00. The number of aromatic nitrogens is 1. The summed E-state index contributed by atoms with van der Waals surface area (Å²) in [7, 11) is 0. The third-order valence-corrected chi connectivity index (χ3v) is 7.28. The van der Waals surface area contributed by atoms with Crippen LogP contribution in [-0.4, -0.2) is 65.1 Å². The number of nitrogens with zero attached hydrogens (tertiary/aromatic N) is 3. The number of nitrogens with two attached hydrogens (primary N) is 1. The summed E-state index contributed by atoms with van der Waals surface area (Å²) in [6.07, 6.45) is 2.07. The van der Waals surface area contributed by atoms with Gasteiger partial charge in [-0.1, -0.05) is 23.7 Å². The lowest BCUT2D eigenvalue weighted by atomic mass is 10.0. The number of β-amino-alcohol motifs (C(OH)–C–C–N with tert-alkyl or cyclic N) is 1. The molecule has 8 nitrogen and oxygen atoms in total. The highest BCUT2D eigenvalue weighted by molar-refractivity contribution is 6.31. The number of anilines is 1. The molecule has 204 valence electrons. The van der Waals surface area contributed by atoms with Gasteiger partial charge in [0.05, 0.1) is 23.3 Å². The Morgan fingerprint density at radius 2 is 1.85 bits per heavy atom. The highest BCUT2D eigenvalue weighted by atomic mass is 35.5. The minimum absolute atomic E-state index is 0.0169. The molecule has 5 rings (SSSR count). The van der Waals surface area contributed by atoms with E-state index in [0.29, 0.717) is 36.1 Å². The number of hydrogen-bond acceptors (Lipinski definition) is 7. The normalized spacial score (nSPS) is 15.1. The van der Waals surface area contributed by atoms with Crippen LogP contribution in [0.5, 0.6) is 5.75 Å². The molecule has 2 aromatic heterocycles. The quantitative estimate of drug-likeness (QED) is 0.312. The first kappa shape index (κ1) is 26.9. The zero-order valence-corrected chi connectivity index (χ0v) is 21.9. The zero-order chi connectivity index (χ0) is 27.7. The largest absolute Gasteiger partial charge is 0.478 e. The molecule has 0 saturated carbocycles. The third-order valence-electron chi connectivity index (χ3n) is 6.90. The fraction of sp³-hybridized carbons (Fsp3) is 0.286. The SMILES string of the molecule is CC(Oc1c(N)ncc2c(-c3ccc(C(=O)N4CCN(CCO)CC4)cc3)coc12)c1c(F)ccc(F)c1Cl. The molecular weight excluding hydrogens is 530 g/mol. The number of aliphatic hydroxyl groups excluding tert-OH is 1. The number of furan rings is 1. The minimum Gasteiger partial charge on any atom is -0.478 e.